The normalized spacial score (nSPS) is 22.3. The van der Waals surface area contributed by atoms with Crippen molar-refractivity contribution in [2.45, 2.75) is 16.6 Å². The SMILES string of the molecule is O=C(O)C1Cc2cc(Cl)ccc2S1(=O)=O. The molecule has 15 heavy (non-hydrogen) atoms. The van der Waals surface area contributed by atoms with E-state index < -0.39 is 21.1 Å². The second-order valence-corrected chi connectivity index (χ2v) is 5.86. The number of carboxylic acids is 1. The Kier molecular flexibility index (Phi) is 2.24. The third-order valence-electron chi connectivity index (χ3n) is 2.38. The molecule has 0 saturated carbocycles. The number of halogens is 1. The molecule has 1 aromatic rings. The molecule has 6 heteroatoms. The topological polar surface area (TPSA) is 71.4 Å². The number of rotatable bonds is 1. The lowest BCUT2D eigenvalue weighted by Gasteiger charge is -2.01. The van der Waals surface area contributed by atoms with E-state index in [9.17, 15) is 13.2 Å². The molecule has 0 bridgehead atoms. The average molecular weight is 247 g/mol. The zero-order valence-corrected chi connectivity index (χ0v) is 9.05. The van der Waals surface area contributed by atoms with Crippen LogP contribution in [-0.4, -0.2) is 24.7 Å². The molecule has 0 amide bonds. The predicted octanol–water partition coefficient (Wildman–Crippen LogP) is 1.12. The van der Waals surface area contributed by atoms with Crippen molar-refractivity contribution >= 4 is 27.4 Å². The van der Waals surface area contributed by atoms with E-state index in [4.69, 9.17) is 16.7 Å². The predicted molar refractivity (Wildman–Crippen MR) is 53.8 cm³/mol. The summed E-state index contributed by atoms with van der Waals surface area (Å²) in [7, 11) is -3.72. The average Bonchev–Trinajstić information content (AvgIpc) is 2.37. The molecule has 0 fully saturated rings. The second kappa shape index (κ2) is 3.21. The lowest BCUT2D eigenvalue weighted by Crippen LogP contribution is -2.26. The fourth-order valence-electron chi connectivity index (χ4n) is 1.67. The zero-order chi connectivity index (χ0) is 11.2. The Bertz CT molecular complexity index is 535. The van der Waals surface area contributed by atoms with Crippen molar-refractivity contribution in [3.05, 3.63) is 28.8 Å². The molecule has 2 rings (SSSR count). The van der Waals surface area contributed by atoms with Crippen LogP contribution in [0.25, 0.3) is 0 Å². The van der Waals surface area contributed by atoms with Crippen LogP contribution in [0.4, 0.5) is 0 Å². The van der Waals surface area contributed by atoms with Crippen LogP contribution in [0, 0.1) is 0 Å². The molecule has 1 heterocycles. The molecule has 0 spiro atoms. The van der Waals surface area contributed by atoms with Crippen LogP contribution in [0.3, 0.4) is 0 Å². The van der Waals surface area contributed by atoms with Crippen LogP contribution < -0.4 is 0 Å². The highest BCUT2D eigenvalue weighted by Gasteiger charge is 2.41. The molecule has 1 aliphatic heterocycles. The number of hydrogen-bond donors (Lipinski definition) is 1. The summed E-state index contributed by atoms with van der Waals surface area (Å²) in [5.41, 5.74) is 0.481. The van der Waals surface area contributed by atoms with Gasteiger partial charge in [0.15, 0.2) is 15.1 Å². The van der Waals surface area contributed by atoms with E-state index in [0.717, 1.165) is 0 Å². The summed E-state index contributed by atoms with van der Waals surface area (Å²) in [6.07, 6.45) is -0.00639. The molecule has 0 aromatic heterocycles. The summed E-state index contributed by atoms with van der Waals surface area (Å²) in [5, 5.41) is 7.82. The molecule has 1 atom stereocenters. The van der Waals surface area contributed by atoms with Gasteiger partial charge in [-0.15, -0.1) is 0 Å². The first kappa shape index (κ1) is 10.4. The Labute approximate surface area is 91.4 Å². The first-order chi connectivity index (χ1) is 6.93. The molecule has 1 aromatic carbocycles. The van der Waals surface area contributed by atoms with Crippen LogP contribution in [0.1, 0.15) is 5.56 Å². The number of benzene rings is 1. The monoisotopic (exact) mass is 246 g/mol. The number of carbonyl (C=O) groups is 1. The van der Waals surface area contributed by atoms with Crippen molar-refractivity contribution in [1.82, 2.24) is 0 Å². The van der Waals surface area contributed by atoms with Gasteiger partial charge in [0.1, 0.15) is 0 Å². The number of hydrogen-bond acceptors (Lipinski definition) is 3. The zero-order valence-electron chi connectivity index (χ0n) is 7.47. The molecular formula is C9H7ClO4S. The molecule has 0 saturated heterocycles. The van der Waals surface area contributed by atoms with E-state index in [2.05, 4.69) is 0 Å². The summed E-state index contributed by atoms with van der Waals surface area (Å²) in [5.74, 6) is -1.32. The van der Waals surface area contributed by atoms with E-state index in [-0.39, 0.29) is 11.3 Å². The highest BCUT2D eigenvalue weighted by Crippen LogP contribution is 2.32. The Morgan fingerprint density at radius 3 is 2.73 bits per heavy atom. The van der Waals surface area contributed by atoms with Gasteiger partial charge in [0.05, 0.1) is 4.90 Å². The van der Waals surface area contributed by atoms with Gasteiger partial charge >= 0.3 is 5.97 Å². The second-order valence-electron chi connectivity index (χ2n) is 3.33. The molecule has 1 N–H and O–H groups in total. The lowest BCUT2D eigenvalue weighted by atomic mass is 10.1. The maximum atomic E-state index is 11.7. The Hall–Kier alpha value is -1.07. The van der Waals surface area contributed by atoms with Crippen LogP contribution in [0.2, 0.25) is 5.02 Å². The third-order valence-corrected chi connectivity index (χ3v) is 4.75. The van der Waals surface area contributed by atoms with Gasteiger partial charge in [-0.25, -0.2) is 8.42 Å². The van der Waals surface area contributed by atoms with Gasteiger partial charge in [0.2, 0.25) is 0 Å². The number of fused-ring (bicyclic) bond motifs is 1. The van der Waals surface area contributed by atoms with Crippen LogP contribution in [0.15, 0.2) is 23.1 Å². The van der Waals surface area contributed by atoms with Gasteiger partial charge in [-0.2, -0.15) is 0 Å². The molecule has 1 unspecified atom stereocenters. The van der Waals surface area contributed by atoms with E-state index in [1.807, 2.05) is 0 Å². The van der Waals surface area contributed by atoms with Gasteiger partial charge in [0, 0.05) is 11.4 Å². The summed E-state index contributed by atoms with van der Waals surface area (Å²) >= 11 is 5.70. The fraction of sp³-hybridized carbons (Fsp3) is 0.222. The van der Waals surface area contributed by atoms with Crippen LogP contribution >= 0.6 is 11.6 Å². The van der Waals surface area contributed by atoms with Crippen LogP contribution in [-0.2, 0) is 21.1 Å². The minimum absolute atomic E-state index is 0.00639. The summed E-state index contributed by atoms with van der Waals surface area (Å²) in [6.45, 7) is 0. The minimum Gasteiger partial charge on any atom is -0.480 e. The summed E-state index contributed by atoms with van der Waals surface area (Å²) in [6, 6.07) is 4.30. The first-order valence-corrected chi connectivity index (χ1v) is 6.10. The number of sulfone groups is 1. The summed E-state index contributed by atoms with van der Waals surface area (Å²) < 4.78 is 23.4. The molecule has 80 valence electrons. The highest BCUT2D eigenvalue weighted by molar-refractivity contribution is 7.93. The molecular weight excluding hydrogens is 240 g/mol. The van der Waals surface area contributed by atoms with Crippen LogP contribution in [0.5, 0.6) is 0 Å². The van der Waals surface area contributed by atoms with Gasteiger partial charge in [-0.05, 0) is 23.8 Å². The minimum atomic E-state index is -3.72. The largest absolute Gasteiger partial charge is 0.480 e. The third kappa shape index (κ3) is 1.52. The molecule has 4 nitrogen and oxygen atoms in total. The van der Waals surface area contributed by atoms with Crippen molar-refractivity contribution in [1.29, 1.82) is 0 Å². The van der Waals surface area contributed by atoms with Gasteiger partial charge in [-0.1, -0.05) is 11.6 Å². The van der Waals surface area contributed by atoms with E-state index in [0.29, 0.717) is 10.6 Å². The van der Waals surface area contributed by atoms with Crippen molar-refractivity contribution in [3.8, 4) is 0 Å². The van der Waals surface area contributed by atoms with Crippen molar-refractivity contribution < 1.29 is 18.3 Å². The first-order valence-electron chi connectivity index (χ1n) is 4.18. The Balaban J connectivity index is 2.62. The quantitative estimate of drug-likeness (QED) is 0.806. The number of aliphatic carboxylic acids is 1. The maximum Gasteiger partial charge on any atom is 0.322 e. The Morgan fingerprint density at radius 1 is 1.47 bits per heavy atom. The van der Waals surface area contributed by atoms with E-state index in [1.165, 1.54) is 18.2 Å². The molecule has 1 aliphatic rings. The molecule has 0 radical (unpaired) electrons. The summed E-state index contributed by atoms with van der Waals surface area (Å²) in [4.78, 5) is 10.8. The Morgan fingerprint density at radius 2 is 2.13 bits per heavy atom. The highest BCUT2D eigenvalue weighted by atomic mass is 35.5. The van der Waals surface area contributed by atoms with Gasteiger partial charge in [-0.3, -0.25) is 4.79 Å². The van der Waals surface area contributed by atoms with E-state index in [1.54, 1.807) is 0 Å². The van der Waals surface area contributed by atoms with E-state index >= 15 is 0 Å². The smallest absolute Gasteiger partial charge is 0.322 e. The fourth-order valence-corrected chi connectivity index (χ4v) is 3.60. The van der Waals surface area contributed by atoms with Crippen molar-refractivity contribution in [2.75, 3.05) is 0 Å². The maximum absolute atomic E-state index is 11.7. The van der Waals surface area contributed by atoms with Gasteiger partial charge < -0.3 is 5.11 Å². The lowest BCUT2D eigenvalue weighted by molar-refractivity contribution is -0.136. The standard InChI is InChI=1S/C9H7ClO4S/c10-6-1-2-7-5(3-6)4-8(9(11)12)15(7,13)14/h1-3,8H,4H2,(H,11,12). The molecule has 0 aliphatic carbocycles. The van der Waals surface area contributed by atoms with Crippen molar-refractivity contribution in [3.63, 3.8) is 0 Å². The van der Waals surface area contributed by atoms with Crippen molar-refractivity contribution in [2.24, 2.45) is 0 Å². The number of carboxylic acid groups (broad SMARTS) is 1. The van der Waals surface area contributed by atoms with Gasteiger partial charge in [0.25, 0.3) is 0 Å².